The molecule has 0 radical (unpaired) electrons. The molecule has 0 heterocycles. The third-order valence-corrected chi connectivity index (χ3v) is 2.92. The Bertz CT molecular complexity index is 322. The van der Waals surface area contributed by atoms with Gasteiger partial charge >= 0.3 is 0 Å². The second kappa shape index (κ2) is 4.11. The fraction of sp³-hybridized carbons (Fsp3) is 0.500. The van der Waals surface area contributed by atoms with Crippen molar-refractivity contribution in [3.05, 3.63) is 34.9 Å². The van der Waals surface area contributed by atoms with Crippen LogP contribution in [0.15, 0.2) is 18.2 Å². The van der Waals surface area contributed by atoms with Crippen LogP contribution >= 0.6 is 0 Å². The first-order valence-corrected chi connectivity index (χ1v) is 5.21. The second-order valence-corrected chi connectivity index (χ2v) is 3.93. The van der Waals surface area contributed by atoms with Gasteiger partial charge in [-0.15, -0.1) is 0 Å². The molecule has 1 aromatic rings. The topological polar surface area (TPSA) is 21.3 Å². The van der Waals surface area contributed by atoms with Gasteiger partial charge in [-0.25, -0.2) is 0 Å². The number of benzene rings is 1. The Kier molecular flexibility index (Phi) is 2.85. The molecule has 1 unspecified atom stereocenters. The fourth-order valence-electron chi connectivity index (χ4n) is 2.11. The molecule has 0 saturated carbocycles. The Hall–Kier alpha value is -0.860. The summed E-state index contributed by atoms with van der Waals surface area (Å²) >= 11 is 0. The molecule has 0 aliphatic heterocycles. The molecule has 1 aromatic carbocycles. The molecule has 1 atom stereocenters. The molecule has 0 fully saturated rings. The minimum absolute atomic E-state index is 0.269. The first-order valence-electron chi connectivity index (χ1n) is 5.21. The highest BCUT2D eigenvalue weighted by Gasteiger charge is 2.12. The quantitative estimate of drug-likeness (QED) is 0.741. The van der Waals surface area contributed by atoms with Gasteiger partial charge in [-0.2, -0.15) is 5.48 Å². The van der Waals surface area contributed by atoms with Crippen LogP contribution in [0.2, 0.25) is 0 Å². The van der Waals surface area contributed by atoms with Crippen LogP contribution in [0, 0.1) is 0 Å². The average Bonchev–Trinajstić information content (AvgIpc) is 2.64. The summed E-state index contributed by atoms with van der Waals surface area (Å²) in [6.45, 7) is 2.11. The molecule has 2 heteroatoms. The maximum absolute atomic E-state index is 4.93. The van der Waals surface area contributed by atoms with Crippen molar-refractivity contribution < 1.29 is 4.84 Å². The van der Waals surface area contributed by atoms with E-state index in [-0.39, 0.29) is 6.04 Å². The number of rotatable bonds is 3. The first-order chi connectivity index (χ1) is 6.81. The molecule has 1 aliphatic carbocycles. The van der Waals surface area contributed by atoms with Gasteiger partial charge in [0, 0.05) is 0 Å². The molecule has 1 N–H and O–H groups in total. The first kappa shape index (κ1) is 9.69. The summed E-state index contributed by atoms with van der Waals surface area (Å²) in [6, 6.07) is 7.02. The molecule has 76 valence electrons. The molecule has 2 nitrogen and oxygen atoms in total. The Morgan fingerprint density at radius 1 is 1.29 bits per heavy atom. The number of aryl methyl sites for hydroxylation is 2. The van der Waals surface area contributed by atoms with Gasteiger partial charge in [0.25, 0.3) is 0 Å². The van der Waals surface area contributed by atoms with Crippen LogP contribution in [-0.2, 0) is 17.7 Å². The third kappa shape index (κ3) is 1.81. The summed E-state index contributed by atoms with van der Waals surface area (Å²) in [7, 11) is 1.66. The highest BCUT2D eigenvalue weighted by Crippen LogP contribution is 2.25. The Balaban J connectivity index is 2.19. The molecule has 0 amide bonds. The molecular formula is C12H17NO. The van der Waals surface area contributed by atoms with Gasteiger partial charge in [0.1, 0.15) is 0 Å². The van der Waals surface area contributed by atoms with Crippen molar-refractivity contribution in [3.8, 4) is 0 Å². The Morgan fingerprint density at radius 2 is 2.07 bits per heavy atom. The van der Waals surface area contributed by atoms with Crippen molar-refractivity contribution in [1.29, 1.82) is 0 Å². The van der Waals surface area contributed by atoms with Crippen molar-refractivity contribution >= 4 is 0 Å². The van der Waals surface area contributed by atoms with Gasteiger partial charge < -0.3 is 4.84 Å². The zero-order chi connectivity index (χ0) is 9.97. The smallest absolute Gasteiger partial charge is 0.0572 e. The van der Waals surface area contributed by atoms with Gasteiger partial charge in [0.2, 0.25) is 0 Å². The molecule has 14 heavy (non-hydrogen) atoms. The maximum Gasteiger partial charge on any atom is 0.0572 e. The van der Waals surface area contributed by atoms with Crippen LogP contribution in [0.25, 0.3) is 0 Å². The molecule has 0 aromatic heterocycles. The summed E-state index contributed by atoms with van der Waals surface area (Å²) < 4.78 is 0. The van der Waals surface area contributed by atoms with Crippen LogP contribution in [0.5, 0.6) is 0 Å². The lowest BCUT2D eigenvalue weighted by Crippen LogP contribution is -2.16. The number of fused-ring (bicyclic) bond motifs is 1. The van der Waals surface area contributed by atoms with Gasteiger partial charge in [-0.1, -0.05) is 18.2 Å². The lowest BCUT2D eigenvalue weighted by Gasteiger charge is -2.13. The van der Waals surface area contributed by atoms with E-state index in [1.54, 1.807) is 7.11 Å². The predicted octanol–water partition coefficient (Wildman–Crippen LogP) is 2.39. The van der Waals surface area contributed by atoms with Gasteiger partial charge in [0.05, 0.1) is 13.2 Å². The van der Waals surface area contributed by atoms with Gasteiger partial charge in [0.15, 0.2) is 0 Å². The zero-order valence-electron chi connectivity index (χ0n) is 8.84. The minimum Gasteiger partial charge on any atom is -0.305 e. The molecule has 0 bridgehead atoms. The fourth-order valence-corrected chi connectivity index (χ4v) is 2.11. The van der Waals surface area contributed by atoms with Crippen LogP contribution in [0.1, 0.15) is 36.1 Å². The molecule has 0 saturated heterocycles. The highest BCUT2D eigenvalue weighted by molar-refractivity contribution is 5.36. The number of hydroxylamine groups is 1. The van der Waals surface area contributed by atoms with Crippen molar-refractivity contribution in [2.75, 3.05) is 7.11 Å². The van der Waals surface area contributed by atoms with Crippen molar-refractivity contribution in [3.63, 3.8) is 0 Å². The highest BCUT2D eigenvalue weighted by atomic mass is 16.6. The van der Waals surface area contributed by atoms with E-state index in [2.05, 4.69) is 30.6 Å². The summed E-state index contributed by atoms with van der Waals surface area (Å²) in [4.78, 5) is 4.93. The van der Waals surface area contributed by atoms with Crippen molar-refractivity contribution in [2.24, 2.45) is 0 Å². The van der Waals surface area contributed by atoms with Crippen LogP contribution in [-0.4, -0.2) is 7.11 Å². The largest absolute Gasteiger partial charge is 0.305 e. The van der Waals surface area contributed by atoms with Crippen LogP contribution in [0.3, 0.4) is 0 Å². The lowest BCUT2D eigenvalue weighted by molar-refractivity contribution is 0.0658. The molecule has 1 aliphatic rings. The van der Waals surface area contributed by atoms with E-state index in [1.807, 2.05) is 0 Å². The number of hydrogen-bond acceptors (Lipinski definition) is 2. The average molecular weight is 191 g/mol. The standard InChI is InChI=1S/C12H17NO/c1-9(13-14-2)11-7-6-10-4-3-5-12(10)8-11/h6-9,13H,3-5H2,1-2H3. The van der Waals surface area contributed by atoms with E-state index in [0.29, 0.717) is 0 Å². The maximum atomic E-state index is 4.93. The van der Waals surface area contributed by atoms with E-state index in [0.717, 1.165) is 0 Å². The monoisotopic (exact) mass is 191 g/mol. The van der Waals surface area contributed by atoms with Crippen LogP contribution < -0.4 is 5.48 Å². The lowest BCUT2D eigenvalue weighted by atomic mass is 10.0. The van der Waals surface area contributed by atoms with E-state index in [4.69, 9.17) is 4.84 Å². The van der Waals surface area contributed by atoms with Crippen molar-refractivity contribution in [2.45, 2.75) is 32.2 Å². The number of hydrogen-bond donors (Lipinski definition) is 1. The van der Waals surface area contributed by atoms with E-state index < -0.39 is 0 Å². The number of nitrogens with one attached hydrogen (secondary N) is 1. The SMILES string of the molecule is CONC(C)c1ccc2c(c1)CCC2. The zero-order valence-corrected chi connectivity index (χ0v) is 8.84. The van der Waals surface area contributed by atoms with E-state index in [9.17, 15) is 0 Å². The summed E-state index contributed by atoms with van der Waals surface area (Å²) in [6.07, 6.45) is 3.80. The second-order valence-electron chi connectivity index (χ2n) is 3.93. The normalized spacial score (nSPS) is 16.7. The summed E-state index contributed by atoms with van der Waals surface area (Å²) in [5, 5.41) is 0. The Labute approximate surface area is 85.2 Å². The predicted molar refractivity (Wildman–Crippen MR) is 57.0 cm³/mol. The third-order valence-electron chi connectivity index (χ3n) is 2.92. The van der Waals surface area contributed by atoms with Gasteiger partial charge in [-0.05, 0) is 42.9 Å². The van der Waals surface area contributed by atoms with Crippen LogP contribution in [0.4, 0.5) is 0 Å². The summed E-state index contributed by atoms with van der Waals surface area (Å²) in [5.74, 6) is 0. The van der Waals surface area contributed by atoms with E-state index >= 15 is 0 Å². The van der Waals surface area contributed by atoms with E-state index in [1.165, 1.54) is 36.0 Å². The molecule has 0 spiro atoms. The molecule has 2 rings (SSSR count). The van der Waals surface area contributed by atoms with Gasteiger partial charge in [-0.3, -0.25) is 0 Å². The Morgan fingerprint density at radius 3 is 2.86 bits per heavy atom. The molecular weight excluding hydrogens is 174 g/mol. The minimum atomic E-state index is 0.269. The van der Waals surface area contributed by atoms with Crippen molar-refractivity contribution in [1.82, 2.24) is 5.48 Å². The summed E-state index contributed by atoms with van der Waals surface area (Å²) in [5.41, 5.74) is 7.31.